The van der Waals surface area contributed by atoms with Crippen LogP contribution in [-0.4, -0.2) is 79.4 Å². The standard InChI is InChI=1S/C32H31N7O6S/c1-38-31(35-36-37-38)46-19-23-18-45-30-32(44-2,34-25(41)17-20-13-15-24(40)16-14-20)29(43)39(30)27(23)28(42)33-26(21-9-5-3-6-10-21)22-11-7-4-8-12-22/h3-16,26,30,40H,17-19H2,1-2H3,(H,33,42)(H,34,41)/t30-,32+/m1/s1. The molecule has 3 N–H and O–H groups in total. The van der Waals surface area contributed by atoms with Crippen LogP contribution < -0.4 is 10.6 Å². The first kappa shape index (κ1) is 31.0. The molecule has 4 aromatic rings. The number of methoxy groups -OCH3 is 1. The maximum atomic E-state index is 14.3. The molecule has 2 aliphatic rings. The Balaban J connectivity index is 1.30. The Morgan fingerprint density at radius 2 is 1.72 bits per heavy atom. The number of nitrogens with one attached hydrogen (secondary N) is 2. The highest BCUT2D eigenvalue weighted by molar-refractivity contribution is 7.99. The fourth-order valence-electron chi connectivity index (χ4n) is 5.47. The molecule has 0 bridgehead atoms. The number of fused-ring (bicyclic) bond motifs is 1. The summed E-state index contributed by atoms with van der Waals surface area (Å²) in [5, 5.41) is 27.4. The highest BCUT2D eigenvalue weighted by atomic mass is 32.2. The predicted molar refractivity (Wildman–Crippen MR) is 166 cm³/mol. The molecule has 1 saturated heterocycles. The zero-order valence-corrected chi connectivity index (χ0v) is 25.8. The molecule has 236 valence electrons. The summed E-state index contributed by atoms with van der Waals surface area (Å²) < 4.78 is 13.2. The van der Waals surface area contributed by atoms with Gasteiger partial charge in [-0.25, -0.2) is 4.68 Å². The number of amides is 3. The van der Waals surface area contributed by atoms with E-state index in [1.165, 1.54) is 40.6 Å². The molecule has 3 aromatic carbocycles. The Morgan fingerprint density at radius 3 is 2.30 bits per heavy atom. The Hall–Kier alpha value is -5.05. The van der Waals surface area contributed by atoms with Gasteiger partial charge in [0.2, 0.25) is 11.1 Å². The number of carbonyl (C=O) groups excluding carboxylic acids is 3. The van der Waals surface area contributed by atoms with E-state index in [1.807, 2.05) is 60.7 Å². The van der Waals surface area contributed by atoms with Crippen molar-refractivity contribution in [2.75, 3.05) is 19.5 Å². The van der Waals surface area contributed by atoms with Crippen LogP contribution in [0.1, 0.15) is 22.7 Å². The number of β-lactam (4-membered cyclic amide) rings is 1. The lowest BCUT2D eigenvalue weighted by atomic mass is 9.93. The molecule has 1 aromatic heterocycles. The molecule has 3 heterocycles. The van der Waals surface area contributed by atoms with E-state index in [2.05, 4.69) is 26.2 Å². The molecule has 0 radical (unpaired) electrons. The normalized spacial score (nSPS) is 19.1. The SMILES string of the molecule is CO[C@@]1(NC(=O)Cc2ccc(O)cc2)C(=O)N2C(C(=O)NC(c3ccccc3)c3ccccc3)=C(CSc3nnnn3C)CO[C@@H]21. The van der Waals surface area contributed by atoms with Crippen LogP contribution in [0.4, 0.5) is 0 Å². The maximum absolute atomic E-state index is 14.3. The summed E-state index contributed by atoms with van der Waals surface area (Å²) in [7, 11) is 3.00. The number of benzene rings is 3. The van der Waals surface area contributed by atoms with Crippen LogP contribution in [0.15, 0.2) is 101 Å². The van der Waals surface area contributed by atoms with Crippen molar-refractivity contribution in [3.05, 3.63) is 113 Å². The van der Waals surface area contributed by atoms with Gasteiger partial charge in [0.15, 0.2) is 6.23 Å². The molecule has 13 nitrogen and oxygen atoms in total. The van der Waals surface area contributed by atoms with E-state index >= 15 is 0 Å². The second-order valence-electron chi connectivity index (χ2n) is 10.7. The molecule has 2 aliphatic heterocycles. The van der Waals surface area contributed by atoms with Crippen LogP contribution in [0, 0.1) is 0 Å². The summed E-state index contributed by atoms with van der Waals surface area (Å²) in [6.07, 6.45) is -1.18. The molecule has 0 spiro atoms. The van der Waals surface area contributed by atoms with Crippen molar-refractivity contribution >= 4 is 29.5 Å². The number of aryl methyl sites for hydroxylation is 1. The first-order chi connectivity index (χ1) is 22.3. The highest BCUT2D eigenvalue weighted by Crippen LogP contribution is 2.41. The number of nitrogens with zero attached hydrogens (tertiary/aromatic N) is 5. The summed E-state index contributed by atoms with van der Waals surface area (Å²) in [4.78, 5) is 42.6. The number of rotatable bonds is 11. The van der Waals surface area contributed by atoms with Gasteiger partial charge in [-0.05, 0) is 44.8 Å². The number of ether oxygens (including phenoxy) is 2. The fourth-order valence-corrected chi connectivity index (χ4v) is 6.31. The molecule has 2 atom stereocenters. The number of phenolic OH excluding ortho intramolecular Hbond substituents is 1. The quantitative estimate of drug-likeness (QED) is 0.126. The number of hydrogen-bond acceptors (Lipinski definition) is 10. The molecule has 6 rings (SSSR count). The number of thioether (sulfide) groups is 1. The van der Waals surface area contributed by atoms with Crippen LogP contribution >= 0.6 is 11.8 Å². The molecule has 46 heavy (non-hydrogen) atoms. The second kappa shape index (κ2) is 13.1. The summed E-state index contributed by atoms with van der Waals surface area (Å²) in [6, 6.07) is 24.7. The van der Waals surface area contributed by atoms with E-state index in [4.69, 9.17) is 9.47 Å². The van der Waals surface area contributed by atoms with Gasteiger partial charge in [0.1, 0.15) is 11.4 Å². The molecule has 1 fully saturated rings. The van der Waals surface area contributed by atoms with E-state index in [9.17, 15) is 19.5 Å². The minimum absolute atomic E-state index is 0.0181. The maximum Gasteiger partial charge on any atom is 0.287 e. The summed E-state index contributed by atoms with van der Waals surface area (Å²) in [5.74, 6) is -1.32. The minimum Gasteiger partial charge on any atom is -0.508 e. The van der Waals surface area contributed by atoms with Crippen molar-refractivity contribution in [2.24, 2.45) is 7.05 Å². The first-order valence-electron chi connectivity index (χ1n) is 14.4. The molecule has 0 saturated carbocycles. The van der Waals surface area contributed by atoms with Gasteiger partial charge in [-0.15, -0.1) is 5.10 Å². The van der Waals surface area contributed by atoms with E-state index in [0.717, 1.165) is 11.1 Å². The van der Waals surface area contributed by atoms with Crippen molar-refractivity contribution in [1.82, 2.24) is 35.7 Å². The molecule has 14 heteroatoms. The Kier molecular flexibility index (Phi) is 8.83. The van der Waals surface area contributed by atoms with Crippen LogP contribution in [0.5, 0.6) is 5.75 Å². The van der Waals surface area contributed by atoms with Gasteiger partial charge in [-0.2, -0.15) is 0 Å². The summed E-state index contributed by atoms with van der Waals surface area (Å²) in [5.41, 5.74) is 1.14. The summed E-state index contributed by atoms with van der Waals surface area (Å²) >= 11 is 1.29. The van der Waals surface area contributed by atoms with Crippen molar-refractivity contribution in [3.63, 3.8) is 0 Å². The lowest BCUT2D eigenvalue weighted by molar-refractivity contribution is -0.257. The lowest BCUT2D eigenvalue weighted by Crippen LogP contribution is -2.82. The van der Waals surface area contributed by atoms with Crippen molar-refractivity contribution in [1.29, 1.82) is 0 Å². The van der Waals surface area contributed by atoms with E-state index in [-0.39, 0.29) is 30.2 Å². The third-order valence-electron chi connectivity index (χ3n) is 7.77. The number of carbonyl (C=O) groups is 3. The van der Waals surface area contributed by atoms with Crippen LogP contribution in [0.2, 0.25) is 0 Å². The average Bonchev–Trinajstić information content (AvgIpc) is 3.50. The molecule has 0 aliphatic carbocycles. The van der Waals surface area contributed by atoms with Gasteiger partial charge in [0.25, 0.3) is 17.5 Å². The van der Waals surface area contributed by atoms with Crippen LogP contribution in [0.3, 0.4) is 0 Å². The third kappa shape index (κ3) is 5.97. The van der Waals surface area contributed by atoms with Gasteiger partial charge < -0.3 is 25.2 Å². The summed E-state index contributed by atoms with van der Waals surface area (Å²) in [6.45, 7) is -0.0181. The highest BCUT2D eigenvalue weighted by Gasteiger charge is 2.67. The smallest absolute Gasteiger partial charge is 0.287 e. The molecular formula is C32H31N7O6S. The molecular weight excluding hydrogens is 610 g/mol. The monoisotopic (exact) mass is 641 g/mol. The van der Waals surface area contributed by atoms with Crippen LogP contribution in [-0.2, 0) is 37.3 Å². The zero-order valence-electron chi connectivity index (χ0n) is 25.0. The number of phenols is 1. The van der Waals surface area contributed by atoms with Gasteiger partial charge in [0, 0.05) is 19.9 Å². The first-order valence-corrected chi connectivity index (χ1v) is 15.4. The average molecular weight is 642 g/mol. The van der Waals surface area contributed by atoms with E-state index in [0.29, 0.717) is 16.3 Å². The second-order valence-corrected chi connectivity index (χ2v) is 11.7. The Labute approximate surface area is 268 Å². The third-order valence-corrected chi connectivity index (χ3v) is 8.87. The fraction of sp³-hybridized carbons (Fsp3) is 0.250. The topological polar surface area (TPSA) is 161 Å². The molecule has 0 unspecified atom stereocenters. The largest absolute Gasteiger partial charge is 0.508 e. The van der Waals surface area contributed by atoms with Gasteiger partial charge >= 0.3 is 0 Å². The van der Waals surface area contributed by atoms with Gasteiger partial charge in [0.05, 0.1) is 19.1 Å². The van der Waals surface area contributed by atoms with Crippen molar-refractivity contribution in [2.45, 2.75) is 29.6 Å². The van der Waals surface area contributed by atoms with Gasteiger partial charge in [-0.3, -0.25) is 19.3 Å². The van der Waals surface area contributed by atoms with Crippen LogP contribution in [0.25, 0.3) is 0 Å². The molecule has 3 amide bonds. The van der Waals surface area contributed by atoms with Crippen molar-refractivity contribution in [3.8, 4) is 5.75 Å². The minimum atomic E-state index is -1.84. The lowest BCUT2D eigenvalue weighted by Gasteiger charge is -2.56. The number of aromatic nitrogens is 4. The Morgan fingerprint density at radius 1 is 1.07 bits per heavy atom. The Bertz CT molecular complexity index is 1730. The van der Waals surface area contributed by atoms with E-state index < -0.39 is 35.7 Å². The van der Waals surface area contributed by atoms with Gasteiger partial charge in [-0.1, -0.05) is 84.6 Å². The number of hydrogen-bond donors (Lipinski definition) is 3. The predicted octanol–water partition coefficient (Wildman–Crippen LogP) is 2.07. The van der Waals surface area contributed by atoms with Crippen molar-refractivity contribution < 1.29 is 29.0 Å². The zero-order chi connectivity index (χ0) is 32.3. The number of aromatic hydroxyl groups is 1. The van der Waals surface area contributed by atoms with E-state index in [1.54, 1.807) is 19.2 Å². The number of tetrazole rings is 1.